The van der Waals surface area contributed by atoms with E-state index in [1.54, 1.807) is 6.92 Å². The molecule has 1 atom stereocenters. The third-order valence-corrected chi connectivity index (χ3v) is 2.74. The van der Waals surface area contributed by atoms with Gasteiger partial charge in [-0.15, -0.1) is 0 Å². The lowest BCUT2D eigenvalue weighted by atomic mass is 10.0. The van der Waals surface area contributed by atoms with Gasteiger partial charge in [0.1, 0.15) is 11.5 Å². The highest BCUT2D eigenvalue weighted by molar-refractivity contribution is 5.76. The molecule has 0 amide bonds. The number of carbonyl (C=O) groups excluding carboxylic acids is 1. The summed E-state index contributed by atoms with van der Waals surface area (Å²) in [6.07, 6.45) is 0.718. The van der Waals surface area contributed by atoms with E-state index in [9.17, 15) is 4.79 Å². The predicted octanol–water partition coefficient (Wildman–Crippen LogP) is 3.06. The van der Waals surface area contributed by atoms with Gasteiger partial charge in [0, 0.05) is 12.5 Å². The van der Waals surface area contributed by atoms with Crippen molar-refractivity contribution in [2.75, 3.05) is 14.1 Å². The van der Waals surface area contributed by atoms with Gasteiger partial charge in [0.25, 0.3) is 0 Å². The largest absolute Gasteiger partial charge is 0.491 e. The molecule has 3 heteroatoms. The monoisotopic (exact) mass is 249 g/mol. The maximum atomic E-state index is 11.3. The maximum absolute atomic E-state index is 11.3. The summed E-state index contributed by atoms with van der Waals surface area (Å²) in [5.41, 5.74) is 1.14. The average Bonchev–Trinajstić information content (AvgIpc) is 2.26. The third kappa shape index (κ3) is 4.49. The Bertz CT molecular complexity index is 382. The molecule has 3 nitrogen and oxygen atoms in total. The smallest absolute Gasteiger partial charge is 0.131 e. The molecule has 0 fully saturated rings. The van der Waals surface area contributed by atoms with Crippen molar-refractivity contribution >= 4 is 5.78 Å². The van der Waals surface area contributed by atoms with Crippen LogP contribution < -0.4 is 4.74 Å². The molecule has 0 bridgehead atoms. The summed E-state index contributed by atoms with van der Waals surface area (Å²) in [5.74, 6) is 1.07. The van der Waals surface area contributed by atoms with Crippen molar-refractivity contribution in [2.45, 2.75) is 39.3 Å². The number of hydrogen-bond donors (Lipinski definition) is 0. The number of carbonyl (C=O) groups is 1. The number of benzene rings is 1. The average molecular weight is 249 g/mol. The van der Waals surface area contributed by atoms with E-state index in [4.69, 9.17) is 4.74 Å². The van der Waals surface area contributed by atoms with E-state index in [1.165, 1.54) is 0 Å². The van der Waals surface area contributed by atoms with Crippen LogP contribution in [-0.4, -0.2) is 30.9 Å². The molecule has 1 aromatic rings. The van der Waals surface area contributed by atoms with Gasteiger partial charge in [-0.25, -0.2) is 0 Å². The number of Topliss-reactive ketones (excluding diaryl/α,β-unsaturated/α-hetero) is 1. The zero-order chi connectivity index (χ0) is 13.7. The predicted molar refractivity (Wildman–Crippen MR) is 73.9 cm³/mol. The van der Waals surface area contributed by atoms with Crippen LogP contribution in [0.2, 0.25) is 0 Å². The van der Waals surface area contributed by atoms with E-state index in [0.717, 1.165) is 11.3 Å². The molecule has 0 saturated carbocycles. The number of nitrogens with zero attached hydrogens (tertiary/aromatic N) is 1. The lowest BCUT2D eigenvalue weighted by Gasteiger charge is -2.24. The van der Waals surface area contributed by atoms with Gasteiger partial charge in [-0.05, 0) is 52.6 Å². The number of ether oxygens (including phenoxy) is 1. The Balaban J connectivity index is 2.83. The van der Waals surface area contributed by atoms with Crippen LogP contribution in [0, 0.1) is 0 Å². The minimum Gasteiger partial charge on any atom is -0.491 e. The second kappa shape index (κ2) is 6.55. The molecular formula is C15H23NO2. The molecule has 0 aromatic heterocycles. The summed E-state index contributed by atoms with van der Waals surface area (Å²) >= 11 is 0. The molecule has 0 spiro atoms. The lowest BCUT2D eigenvalue weighted by Crippen LogP contribution is -2.22. The van der Waals surface area contributed by atoms with E-state index in [-0.39, 0.29) is 17.9 Å². The van der Waals surface area contributed by atoms with Gasteiger partial charge >= 0.3 is 0 Å². The molecule has 1 unspecified atom stereocenters. The molecule has 0 aliphatic carbocycles. The van der Waals surface area contributed by atoms with Gasteiger partial charge in [-0.3, -0.25) is 4.79 Å². The van der Waals surface area contributed by atoms with E-state index in [0.29, 0.717) is 6.42 Å². The molecule has 100 valence electrons. The normalized spacial score (nSPS) is 12.8. The fourth-order valence-corrected chi connectivity index (χ4v) is 1.91. The highest BCUT2D eigenvalue weighted by Crippen LogP contribution is 2.24. The van der Waals surface area contributed by atoms with Gasteiger partial charge in [0.15, 0.2) is 0 Å². The van der Waals surface area contributed by atoms with Crippen molar-refractivity contribution in [2.24, 2.45) is 0 Å². The first-order valence-electron chi connectivity index (χ1n) is 6.32. The van der Waals surface area contributed by atoms with Crippen molar-refractivity contribution in [1.29, 1.82) is 0 Å². The Hall–Kier alpha value is -1.35. The Morgan fingerprint density at radius 1 is 1.22 bits per heavy atom. The summed E-state index contributed by atoms with van der Waals surface area (Å²) in [7, 11) is 3.98. The van der Waals surface area contributed by atoms with Gasteiger partial charge in [-0.1, -0.05) is 12.1 Å². The van der Waals surface area contributed by atoms with E-state index >= 15 is 0 Å². The minimum atomic E-state index is 0.135. The Labute approximate surface area is 110 Å². The van der Waals surface area contributed by atoms with Crippen molar-refractivity contribution in [1.82, 2.24) is 4.90 Å². The van der Waals surface area contributed by atoms with Gasteiger partial charge in [0.05, 0.1) is 6.10 Å². The van der Waals surface area contributed by atoms with Gasteiger partial charge < -0.3 is 9.64 Å². The van der Waals surface area contributed by atoms with E-state index < -0.39 is 0 Å². The van der Waals surface area contributed by atoms with Crippen molar-refractivity contribution in [3.8, 4) is 5.75 Å². The minimum absolute atomic E-state index is 0.135. The number of hydrogen-bond acceptors (Lipinski definition) is 3. The van der Waals surface area contributed by atoms with Crippen LogP contribution >= 0.6 is 0 Å². The second-order valence-corrected chi connectivity index (χ2v) is 5.12. The molecule has 0 aliphatic rings. The summed E-state index contributed by atoms with van der Waals surface area (Å²) in [6.45, 7) is 5.64. The molecule has 18 heavy (non-hydrogen) atoms. The molecule has 0 radical (unpaired) electrons. The van der Waals surface area contributed by atoms with Crippen LogP contribution in [0.3, 0.4) is 0 Å². The van der Waals surface area contributed by atoms with Gasteiger partial charge in [-0.2, -0.15) is 0 Å². The zero-order valence-electron chi connectivity index (χ0n) is 11.9. The van der Waals surface area contributed by atoms with E-state index in [2.05, 4.69) is 4.90 Å². The van der Waals surface area contributed by atoms with Crippen LogP contribution in [0.1, 0.15) is 38.8 Å². The van der Waals surface area contributed by atoms with Crippen LogP contribution in [0.4, 0.5) is 0 Å². The van der Waals surface area contributed by atoms with Crippen molar-refractivity contribution in [3.05, 3.63) is 29.8 Å². The standard InChI is InChI=1S/C15H23NO2/c1-11(2)18-14-8-6-13(7-9-14)15(16(4)5)10-12(3)17/h6-9,11,15H,10H2,1-5H3. The van der Waals surface area contributed by atoms with Crippen molar-refractivity contribution < 1.29 is 9.53 Å². The zero-order valence-corrected chi connectivity index (χ0v) is 11.9. The Kier molecular flexibility index (Phi) is 5.35. The van der Waals surface area contributed by atoms with Crippen molar-refractivity contribution in [3.63, 3.8) is 0 Å². The topological polar surface area (TPSA) is 29.5 Å². The SMILES string of the molecule is CC(=O)CC(c1ccc(OC(C)C)cc1)N(C)C. The molecule has 0 saturated heterocycles. The highest BCUT2D eigenvalue weighted by atomic mass is 16.5. The Morgan fingerprint density at radius 3 is 2.17 bits per heavy atom. The first-order chi connectivity index (χ1) is 8.40. The van der Waals surface area contributed by atoms with Crippen LogP contribution in [0.5, 0.6) is 5.75 Å². The molecule has 0 N–H and O–H groups in total. The molecule has 1 aromatic carbocycles. The first-order valence-corrected chi connectivity index (χ1v) is 6.32. The first kappa shape index (κ1) is 14.7. The second-order valence-electron chi connectivity index (χ2n) is 5.12. The maximum Gasteiger partial charge on any atom is 0.131 e. The molecular weight excluding hydrogens is 226 g/mol. The van der Waals surface area contributed by atoms with E-state index in [1.807, 2.05) is 52.2 Å². The molecule has 1 rings (SSSR count). The third-order valence-electron chi connectivity index (χ3n) is 2.74. The molecule has 0 aliphatic heterocycles. The molecule has 0 heterocycles. The number of ketones is 1. The van der Waals surface area contributed by atoms with Gasteiger partial charge in [0.2, 0.25) is 0 Å². The summed E-state index contributed by atoms with van der Waals surface area (Å²) < 4.78 is 5.61. The quantitative estimate of drug-likeness (QED) is 0.776. The summed E-state index contributed by atoms with van der Waals surface area (Å²) in [6, 6.07) is 8.13. The van der Waals surface area contributed by atoms with Crippen LogP contribution in [0.25, 0.3) is 0 Å². The Morgan fingerprint density at radius 2 is 1.78 bits per heavy atom. The van der Waals surface area contributed by atoms with Crippen LogP contribution in [-0.2, 0) is 4.79 Å². The fraction of sp³-hybridized carbons (Fsp3) is 0.533. The fourth-order valence-electron chi connectivity index (χ4n) is 1.91. The number of rotatable bonds is 6. The summed E-state index contributed by atoms with van der Waals surface area (Å²) in [5, 5.41) is 0. The highest BCUT2D eigenvalue weighted by Gasteiger charge is 2.16. The summed E-state index contributed by atoms with van der Waals surface area (Å²) in [4.78, 5) is 13.4. The van der Waals surface area contributed by atoms with Crippen LogP contribution in [0.15, 0.2) is 24.3 Å². The lowest BCUT2D eigenvalue weighted by molar-refractivity contribution is -0.118.